The van der Waals surface area contributed by atoms with Gasteiger partial charge in [-0.25, -0.2) is 13.2 Å². The Morgan fingerprint density at radius 1 is 1.04 bits per heavy atom. The minimum absolute atomic E-state index is 0.0383. The van der Waals surface area contributed by atoms with E-state index in [0.717, 1.165) is 0 Å². The second kappa shape index (κ2) is 6.46. The third-order valence-corrected chi connectivity index (χ3v) is 6.04. The van der Waals surface area contributed by atoms with Crippen LogP contribution in [-0.2, 0) is 20.4 Å². The molecule has 7 nitrogen and oxygen atoms in total. The van der Waals surface area contributed by atoms with Crippen molar-refractivity contribution >= 4 is 50.9 Å². The largest absolute Gasteiger partial charge is 0.322 e. The molecule has 136 valence electrons. The number of imide groups is 1. The molecule has 10 heteroatoms. The Balaban J connectivity index is 1.87. The highest BCUT2D eigenvalue weighted by Crippen LogP contribution is 2.29. The normalized spacial score (nSPS) is 19.8. The number of anilines is 1. The molecule has 1 saturated heterocycles. The van der Waals surface area contributed by atoms with E-state index >= 15 is 0 Å². The molecule has 2 aromatic carbocycles. The van der Waals surface area contributed by atoms with E-state index in [4.69, 9.17) is 23.2 Å². The van der Waals surface area contributed by atoms with Gasteiger partial charge < -0.3 is 5.32 Å². The number of carbonyl (C=O) groups excluding carboxylic acids is 2. The molecule has 0 aromatic heterocycles. The first kappa shape index (κ1) is 18.5. The molecule has 0 saturated carbocycles. The minimum Gasteiger partial charge on any atom is -0.320 e. The highest BCUT2D eigenvalue weighted by atomic mass is 35.5. The Morgan fingerprint density at radius 3 is 2.27 bits per heavy atom. The van der Waals surface area contributed by atoms with Crippen molar-refractivity contribution in [2.75, 3.05) is 4.72 Å². The second-order valence-corrected chi connectivity index (χ2v) is 8.29. The van der Waals surface area contributed by atoms with Crippen LogP contribution in [0, 0.1) is 0 Å². The van der Waals surface area contributed by atoms with Crippen LogP contribution in [0.15, 0.2) is 47.4 Å². The summed E-state index contributed by atoms with van der Waals surface area (Å²) in [6, 6.07) is 9.59. The Kier molecular flexibility index (Phi) is 4.60. The Bertz CT molecular complexity index is 1010. The number of halogens is 2. The van der Waals surface area contributed by atoms with Crippen LogP contribution in [0.3, 0.4) is 0 Å². The quantitative estimate of drug-likeness (QED) is 0.670. The number of hydrogen-bond donors (Lipinski definition) is 3. The Labute approximate surface area is 159 Å². The summed E-state index contributed by atoms with van der Waals surface area (Å²) in [5.74, 6) is -0.485. The first-order valence-electron chi connectivity index (χ1n) is 7.34. The van der Waals surface area contributed by atoms with Crippen LogP contribution >= 0.6 is 23.2 Å². The van der Waals surface area contributed by atoms with Gasteiger partial charge in [-0.15, -0.1) is 0 Å². The van der Waals surface area contributed by atoms with Crippen molar-refractivity contribution < 1.29 is 18.0 Å². The zero-order chi connectivity index (χ0) is 19.1. The van der Waals surface area contributed by atoms with E-state index in [1.165, 1.54) is 30.3 Å². The maximum atomic E-state index is 12.5. The van der Waals surface area contributed by atoms with E-state index < -0.39 is 27.5 Å². The van der Waals surface area contributed by atoms with Crippen molar-refractivity contribution in [3.63, 3.8) is 0 Å². The standard InChI is InChI=1S/C16H13Cl2N3O4S/c1-16(14(22)19-15(23)20-16)9-2-5-11(6-3-9)21-26(24,25)13-8-10(17)4-7-12(13)18/h2-8,21H,1H3,(H2,19,20,22,23)/t16-/m1/s1. The van der Waals surface area contributed by atoms with Crippen LogP contribution < -0.4 is 15.4 Å². The maximum absolute atomic E-state index is 12.5. The van der Waals surface area contributed by atoms with E-state index in [1.807, 2.05) is 0 Å². The summed E-state index contributed by atoms with van der Waals surface area (Å²) in [5.41, 5.74) is -0.451. The fourth-order valence-electron chi connectivity index (χ4n) is 2.51. The predicted octanol–water partition coefficient (Wildman–Crippen LogP) is 2.85. The molecule has 1 aliphatic rings. The maximum Gasteiger partial charge on any atom is 0.322 e. The van der Waals surface area contributed by atoms with Crippen molar-refractivity contribution in [3.8, 4) is 0 Å². The summed E-state index contributed by atoms with van der Waals surface area (Å²) >= 11 is 11.8. The summed E-state index contributed by atoms with van der Waals surface area (Å²) in [5, 5.41) is 4.97. The van der Waals surface area contributed by atoms with Crippen molar-refractivity contribution in [2.24, 2.45) is 0 Å². The van der Waals surface area contributed by atoms with Crippen LogP contribution in [0.5, 0.6) is 0 Å². The smallest absolute Gasteiger partial charge is 0.320 e. The summed E-state index contributed by atoms with van der Waals surface area (Å²) in [7, 11) is -3.95. The van der Waals surface area contributed by atoms with Crippen molar-refractivity contribution in [2.45, 2.75) is 17.4 Å². The first-order valence-corrected chi connectivity index (χ1v) is 9.58. The third-order valence-electron chi connectivity index (χ3n) is 3.94. The van der Waals surface area contributed by atoms with Crippen molar-refractivity contribution in [1.29, 1.82) is 0 Å². The SMILES string of the molecule is C[C@]1(c2ccc(NS(=O)(=O)c3cc(Cl)ccc3Cl)cc2)NC(=O)NC1=O. The number of urea groups is 1. The van der Waals surface area contributed by atoms with Crippen molar-refractivity contribution in [3.05, 3.63) is 58.1 Å². The molecule has 2 aromatic rings. The van der Waals surface area contributed by atoms with Gasteiger partial charge in [0.1, 0.15) is 10.4 Å². The zero-order valence-corrected chi connectivity index (χ0v) is 15.7. The Hall–Kier alpha value is -2.29. The van der Waals surface area contributed by atoms with Gasteiger partial charge in [0.05, 0.1) is 5.02 Å². The summed E-state index contributed by atoms with van der Waals surface area (Å²) in [4.78, 5) is 23.1. The highest BCUT2D eigenvalue weighted by molar-refractivity contribution is 7.92. The van der Waals surface area contributed by atoms with Crippen LogP contribution in [0.25, 0.3) is 0 Å². The molecular formula is C16H13Cl2N3O4S. The topological polar surface area (TPSA) is 104 Å². The monoisotopic (exact) mass is 413 g/mol. The number of sulfonamides is 1. The average molecular weight is 414 g/mol. The molecular weight excluding hydrogens is 401 g/mol. The van der Waals surface area contributed by atoms with Gasteiger partial charge in [0.15, 0.2) is 0 Å². The van der Waals surface area contributed by atoms with Gasteiger partial charge in [0, 0.05) is 10.7 Å². The molecule has 26 heavy (non-hydrogen) atoms. The lowest BCUT2D eigenvalue weighted by molar-refractivity contribution is -0.123. The number of benzene rings is 2. The fourth-order valence-corrected chi connectivity index (χ4v) is 4.33. The predicted molar refractivity (Wildman–Crippen MR) is 97.7 cm³/mol. The summed E-state index contributed by atoms with van der Waals surface area (Å²) < 4.78 is 27.4. The summed E-state index contributed by atoms with van der Waals surface area (Å²) in [6.45, 7) is 1.55. The molecule has 1 fully saturated rings. The van der Waals surface area contributed by atoms with Crippen LogP contribution in [0.2, 0.25) is 10.0 Å². The molecule has 3 N–H and O–H groups in total. The summed E-state index contributed by atoms with van der Waals surface area (Å²) in [6.07, 6.45) is 0. The number of hydrogen-bond acceptors (Lipinski definition) is 4. The van der Waals surface area contributed by atoms with E-state index in [2.05, 4.69) is 15.4 Å². The average Bonchev–Trinajstić information content (AvgIpc) is 2.83. The zero-order valence-electron chi connectivity index (χ0n) is 13.3. The molecule has 0 spiro atoms. The second-order valence-electron chi connectivity index (χ2n) is 5.79. The molecule has 1 heterocycles. The van der Waals surface area contributed by atoms with Crippen LogP contribution in [-0.4, -0.2) is 20.4 Å². The van der Waals surface area contributed by atoms with Crippen molar-refractivity contribution in [1.82, 2.24) is 10.6 Å². The van der Waals surface area contributed by atoms with Gasteiger partial charge in [0.2, 0.25) is 0 Å². The molecule has 0 radical (unpaired) electrons. The lowest BCUT2D eigenvalue weighted by Gasteiger charge is -2.21. The van der Waals surface area contributed by atoms with Gasteiger partial charge in [0.25, 0.3) is 15.9 Å². The number of amides is 3. The minimum atomic E-state index is -3.95. The molecule has 3 amide bonds. The molecule has 0 aliphatic carbocycles. The van der Waals surface area contributed by atoms with E-state index in [1.54, 1.807) is 19.1 Å². The van der Waals surface area contributed by atoms with Gasteiger partial charge in [-0.2, -0.15) is 0 Å². The fraction of sp³-hybridized carbons (Fsp3) is 0.125. The number of carbonyl (C=O) groups is 2. The molecule has 3 rings (SSSR count). The number of rotatable bonds is 4. The molecule has 0 unspecified atom stereocenters. The lowest BCUT2D eigenvalue weighted by atomic mass is 9.92. The first-order chi connectivity index (χ1) is 12.1. The third kappa shape index (κ3) is 3.35. The number of nitrogens with one attached hydrogen (secondary N) is 3. The molecule has 1 atom stereocenters. The van der Waals surface area contributed by atoms with Crippen LogP contribution in [0.4, 0.5) is 10.5 Å². The highest BCUT2D eigenvalue weighted by Gasteiger charge is 2.43. The van der Waals surface area contributed by atoms with Gasteiger partial charge in [-0.05, 0) is 42.8 Å². The van der Waals surface area contributed by atoms with E-state index in [-0.39, 0.29) is 20.6 Å². The van der Waals surface area contributed by atoms with Crippen LogP contribution in [0.1, 0.15) is 12.5 Å². The van der Waals surface area contributed by atoms with E-state index in [0.29, 0.717) is 5.56 Å². The van der Waals surface area contributed by atoms with E-state index in [9.17, 15) is 18.0 Å². The van der Waals surface area contributed by atoms with Gasteiger partial charge >= 0.3 is 6.03 Å². The lowest BCUT2D eigenvalue weighted by Crippen LogP contribution is -2.40. The Morgan fingerprint density at radius 2 is 1.69 bits per heavy atom. The molecule has 1 aliphatic heterocycles. The van der Waals surface area contributed by atoms with Gasteiger partial charge in [-0.3, -0.25) is 14.8 Å². The van der Waals surface area contributed by atoms with Gasteiger partial charge in [-0.1, -0.05) is 35.3 Å². The molecule has 0 bridgehead atoms.